The number of rotatable bonds is 4. The Labute approximate surface area is 179 Å². The average molecular weight is 469 g/mol. The van der Waals surface area contributed by atoms with Gasteiger partial charge in [0.25, 0.3) is 0 Å². The molecule has 12 heteroatoms. The smallest absolute Gasteiger partial charge is 0.436 e. The van der Waals surface area contributed by atoms with E-state index in [-0.39, 0.29) is 30.4 Å². The Morgan fingerprint density at radius 3 is 2.37 bits per heavy atom. The average Bonchev–Trinajstić information content (AvgIpc) is 2.97. The fourth-order valence-corrected chi connectivity index (χ4v) is 3.67. The number of halogens is 6. The number of anilines is 1. The highest BCUT2D eigenvalue weighted by Gasteiger charge is 2.38. The largest absolute Gasteiger partial charge is 0.495 e. The van der Waals surface area contributed by atoms with E-state index in [0.717, 1.165) is 10.7 Å². The van der Waals surface area contributed by atoms with E-state index in [1.54, 1.807) is 4.90 Å². The Balaban J connectivity index is 1.67. The van der Waals surface area contributed by atoms with Gasteiger partial charge in [-0.15, -0.1) is 0 Å². The summed E-state index contributed by atoms with van der Waals surface area (Å²) in [6.45, 7) is 2.20. The van der Waals surface area contributed by atoms with E-state index in [9.17, 15) is 22.4 Å². The number of carbonyl (C=O) groups excluding carboxylic acids is 1. The minimum absolute atomic E-state index is 0.0614. The SMILES string of the molecule is COc1cc(N2CCN(C(=O)Cn3nc(C(F)(F)F)c(Cl)c3C)CC2)c(F)cc1Cl. The van der Waals surface area contributed by atoms with Crippen molar-refractivity contribution in [1.82, 2.24) is 14.7 Å². The van der Waals surface area contributed by atoms with Gasteiger partial charge in [0.1, 0.15) is 18.1 Å². The summed E-state index contributed by atoms with van der Waals surface area (Å²) in [4.78, 5) is 15.8. The third kappa shape index (κ3) is 4.44. The number of aromatic nitrogens is 2. The fraction of sp³-hybridized carbons (Fsp3) is 0.444. The summed E-state index contributed by atoms with van der Waals surface area (Å²) >= 11 is 11.6. The molecule has 0 N–H and O–H groups in total. The summed E-state index contributed by atoms with van der Waals surface area (Å²) in [7, 11) is 1.42. The lowest BCUT2D eigenvalue weighted by molar-refractivity contribution is -0.142. The lowest BCUT2D eigenvalue weighted by Gasteiger charge is -2.36. The number of carbonyl (C=O) groups is 1. The molecule has 164 valence electrons. The van der Waals surface area contributed by atoms with Crippen LogP contribution in [-0.4, -0.2) is 53.9 Å². The van der Waals surface area contributed by atoms with E-state index in [1.165, 1.54) is 25.0 Å². The molecular formula is C18H18Cl2F4N4O2. The van der Waals surface area contributed by atoms with Gasteiger partial charge in [-0.05, 0) is 13.0 Å². The summed E-state index contributed by atoms with van der Waals surface area (Å²) in [5, 5.41) is 3.07. The number of amides is 1. The first kappa shape index (κ1) is 22.5. The van der Waals surface area contributed by atoms with E-state index in [0.29, 0.717) is 24.5 Å². The maximum atomic E-state index is 14.3. The minimum Gasteiger partial charge on any atom is -0.495 e. The normalized spacial score (nSPS) is 14.9. The van der Waals surface area contributed by atoms with Gasteiger partial charge >= 0.3 is 6.18 Å². The van der Waals surface area contributed by atoms with Crippen LogP contribution in [-0.2, 0) is 17.5 Å². The zero-order valence-electron chi connectivity index (χ0n) is 16.1. The number of hydrogen-bond donors (Lipinski definition) is 0. The molecule has 1 aromatic heterocycles. The maximum absolute atomic E-state index is 14.3. The molecule has 6 nitrogen and oxygen atoms in total. The molecule has 2 heterocycles. The van der Waals surface area contributed by atoms with E-state index in [1.807, 2.05) is 0 Å². The molecule has 0 bridgehead atoms. The Morgan fingerprint density at radius 1 is 1.20 bits per heavy atom. The molecule has 0 radical (unpaired) electrons. The van der Waals surface area contributed by atoms with Crippen molar-refractivity contribution in [1.29, 1.82) is 0 Å². The third-order valence-electron chi connectivity index (χ3n) is 4.88. The molecule has 0 aliphatic carbocycles. The van der Waals surface area contributed by atoms with Gasteiger partial charge in [-0.3, -0.25) is 9.48 Å². The van der Waals surface area contributed by atoms with Gasteiger partial charge in [-0.1, -0.05) is 23.2 Å². The van der Waals surface area contributed by atoms with Crippen LogP contribution in [0.15, 0.2) is 12.1 Å². The molecule has 0 saturated carbocycles. The monoisotopic (exact) mass is 468 g/mol. The molecule has 1 saturated heterocycles. The lowest BCUT2D eigenvalue weighted by Crippen LogP contribution is -2.50. The van der Waals surface area contributed by atoms with Crippen LogP contribution in [0.3, 0.4) is 0 Å². The number of ether oxygens (including phenoxy) is 1. The standard InChI is InChI=1S/C18H18Cl2F4N4O2/c1-10-16(20)17(18(22,23)24)25-28(10)9-15(29)27-5-3-26(4-6-27)13-8-14(30-2)11(19)7-12(13)21/h7-8H,3-6,9H2,1-2H3. The Morgan fingerprint density at radius 2 is 1.83 bits per heavy atom. The second-order valence-electron chi connectivity index (χ2n) is 6.71. The molecular weight excluding hydrogens is 451 g/mol. The predicted molar refractivity (Wildman–Crippen MR) is 104 cm³/mol. The fourth-order valence-electron chi connectivity index (χ4n) is 3.20. The van der Waals surface area contributed by atoms with Gasteiger partial charge in [0, 0.05) is 32.2 Å². The molecule has 0 unspecified atom stereocenters. The van der Waals surface area contributed by atoms with Crippen molar-refractivity contribution >= 4 is 34.8 Å². The Kier molecular flexibility index (Phi) is 6.37. The maximum Gasteiger partial charge on any atom is 0.436 e. The lowest BCUT2D eigenvalue weighted by atomic mass is 10.2. The second kappa shape index (κ2) is 8.50. The van der Waals surface area contributed by atoms with Gasteiger partial charge in [-0.2, -0.15) is 18.3 Å². The second-order valence-corrected chi connectivity index (χ2v) is 7.49. The number of benzene rings is 1. The topological polar surface area (TPSA) is 50.6 Å². The number of alkyl halides is 3. The molecule has 1 fully saturated rings. The summed E-state index contributed by atoms with van der Waals surface area (Å²) in [6.07, 6.45) is -4.70. The number of nitrogens with zero attached hydrogens (tertiary/aromatic N) is 4. The van der Waals surface area contributed by atoms with E-state index in [4.69, 9.17) is 27.9 Å². The van der Waals surface area contributed by atoms with E-state index < -0.39 is 28.6 Å². The van der Waals surface area contributed by atoms with Crippen LogP contribution >= 0.6 is 23.2 Å². The molecule has 3 rings (SSSR count). The van der Waals surface area contributed by atoms with Crippen LogP contribution in [0.2, 0.25) is 10.0 Å². The first-order valence-electron chi connectivity index (χ1n) is 8.88. The van der Waals surface area contributed by atoms with E-state index >= 15 is 0 Å². The number of methoxy groups -OCH3 is 1. The molecule has 1 aliphatic rings. The Bertz CT molecular complexity index is 957. The molecule has 1 amide bonds. The first-order valence-corrected chi connectivity index (χ1v) is 9.64. The predicted octanol–water partition coefficient (Wildman–Crippen LogP) is 4.01. The molecule has 1 aromatic carbocycles. The summed E-state index contributed by atoms with van der Waals surface area (Å²) in [5.41, 5.74) is -0.856. The molecule has 2 aromatic rings. The zero-order valence-corrected chi connectivity index (χ0v) is 17.6. The molecule has 0 spiro atoms. The van der Waals surface area contributed by atoms with Crippen LogP contribution in [0.4, 0.5) is 23.2 Å². The van der Waals surface area contributed by atoms with Crippen LogP contribution < -0.4 is 9.64 Å². The zero-order chi connectivity index (χ0) is 22.2. The van der Waals surface area contributed by atoms with Crippen LogP contribution in [0.1, 0.15) is 11.4 Å². The minimum atomic E-state index is -4.70. The molecule has 30 heavy (non-hydrogen) atoms. The number of hydrogen-bond acceptors (Lipinski definition) is 4. The molecule has 0 atom stereocenters. The summed E-state index contributed by atoms with van der Waals surface area (Å²) < 4.78 is 59.2. The van der Waals surface area contributed by atoms with Crippen molar-refractivity contribution in [2.75, 3.05) is 38.2 Å². The van der Waals surface area contributed by atoms with Gasteiger partial charge in [0.15, 0.2) is 5.69 Å². The van der Waals surface area contributed by atoms with Crippen molar-refractivity contribution in [3.05, 3.63) is 39.4 Å². The van der Waals surface area contributed by atoms with Gasteiger partial charge in [0.05, 0.1) is 28.5 Å². The van der Waals surface area contributed by atoms with Crippen LogP contribution in [0, 0.1) is 12.7 Å². The van der Waals surface area contributed by atoms with Crippen molar-refractivity contribution in [2.45, 2.75) is 19.6 Å². The van der Waals surface area contributed by atoms with Gasteiger partial charge in [-0.25, -0.2) is 4.39 Å². The highest BCUT2D eigenvalue weighted by atomic mass is 35.5. The van der Waals surface area contributed by atoms with Crippen molar-refractivity contribution < 1.29 is 27.1 Å². The van der Waals surface area contributed by atoms with Crippen molar-refractivity contribution in [3.63, 3.8) is 0 Å². The number of piperazine rings is 1. The van der Waals surface area contributed by atoms with E-state index in [2.05, 4.69) is 5.10 Å². The Hall–Kier alpha value is -2.20. The van der Waals surface area contributed by atoms with Gasteiger partial charge in [0.2, 0.25) is 5.91 Å². The third-order valence-corrected chi connectivity index (χ3v) is 5.63. The van der Waals surface area contributed by atoms with Crippen LogP contribution in [0.25, 0.3) is 0 Å². The summed E-state index contributed by atoms with van der Waals surface area (Å²) in [6, 6.07) is 2.65. The first-order chi connectivity index (χ1) is 14.0. The van der Waals surface area contributed by atoms with Crippen molar-refractivity contribution in [3.8, 4) is 5.75 Å². The summed E-state index contributed by atoms with van der Waals surface area (Å²) in [5.74, 6) is -0.583. The highest BCUT2D eigenvalue weighted by Crippen LogP contribution is 2.35. The highest BCUT2D eigenvalue weighted by molar-refractivity contribution is 6.32. The van der Waals surface area contributed by atoms with Crippen molar-refractivity contribution in [2.24, 2.45) is 0 Å². The van der Waals surface area contributed by atoms with Crippen LogP contribution in [0.5, 0.6) is 5.75 Å². The quantitative estimate of drug-likeness (QED) is 0.636. The van der Waals surface area contributed by atoms with Gasteiger partial charge < -0.3 is 14.5 Å². The molecule has 1 aliphatic heterocycles.